The summed E-state index contributed by atoms with van der Waals surface area (Å²) in [5.74, 6) is 2.90. The fourth-order valence-corrected chi connectivity index (χ4v) is 4.25. The summed E-state index contributed by atoms with van der Waals surface area (Å²) in [4.78, 5) is 0. The smallest absolute Gasteiger partial charge is 0.123 e. The lowest BCUT2D eigenvalue weighted by molar-refractivity contribution is 0.191. The Labute approximate surface area is 146 Å². The first-order valence-corrected chi connectivity index (χ1v) is 9.10. The molecular formula is C21H20O4. The van der Waals surface area contributed by atoms with E-state index in [2.05, 4.69) is 36.4 Å². The van der Waals surface area contributed by atoms with Crippen LogP contribution in [0.3, 0.4) is 0 Å². The number of rotatable bonds is 7. The van der Waals surface area contributed by atoms with E-state index in [-0.39, 0.29) is 6.10 Å². The van der Waals surface area contributed by atoms with Crippen LogP contribution in [0.15, 0.2) is 53.3 Å². The van der Waals surface area contributed by atoms with Gasteiger partial charge in [0.15, 0.2) is 0 Å². The van der Waals surface area contributed by atoms with E-state index in [0.29, 0.717) is 31.2 Å². The van der Waals surface area contributed by atoms with Gasteiger partial charge in [-0.05, 0) is 35.3 Å². The minimum atomic E-state index is 0.286. The van der Waals surface area contributed by atoms with Crippen LogP contribution in [0.25, 0.3) is 0 Å². The Morgan fingerprint density at radius 1 is 1.00 bits per heavy atom. The summed E-state index contributed by atoms with van der Waals surface area (Å²) < 4.78 is 22.6. The Morgan fingerprint density at radius 2 is 1.80 bits per heavy atom. The number of fused-ring (bicyclic) bond motifs is 6. The van der Waals surface area contributed by atoms with Gasteiger partial charge in [-0.25, -0.2) is 0 Å². The summed E-state index contributed by atoms with van der Waals surface area (Å²) in [5.41, 5.74) is 5.36. The molecule has 0 saturated carbocycles. The predicted octanol–water partition coefficient (Wildman–Crippen LogP) is 2.90. The van der Waals surface area contributed by atoms with Crippen molar-refractivity contribution in [1.29, 1.82) is 0 Å². The normalized spacial score (nSPS) is 33.0. The Bertz CT molecular complexity index is 826. The molecule has 4 atom stereocenters. The van der Waals surface area contributed by atoms with E-state index < -0.39 is 0 Å². The van der Waals surface area contributed by atoms with Gasteiger partial charge in [0.1, 0.15) is 36.9 Å². The van der Waals surface area contributed by atoms with Crippen molar-refractivity contribution in [2.75, 3.05) is 26.4 Å². The Hall–Kier alpha value is -2.04. The van der Waals surface area contributed by atoms with Gasteiger partial charge in [0.05, 0.1) is 13.2 Å². The average Bonchev–Trinajstić information content (AvgIpc) is 3.57. The van der Waals surface area contributed by atoms with Gasteiger partial charge in [-0.3, -0.25) is 0 Å². The number of hydrogen-bond donors (Lipinski definition) is 0. The van der Waals surface area contributed by atoms with Crippen LogP contribution in [0, 0.1) is 5.92 Å². The van der Waals surface area contributed by atoms with Crippen LogP contribution in [0.2, 0.25) is 0 Å². The molecule has 0 aromatic heterocycles. The van der Waals surface area contributed by atoms with E-state index in [0.717, 1.165) is 31.1 Å². The van der Waals surface area contributed by atoms with Crippen molar-refractivity contribution in [3.63, 3.8) is 0 Å². The summed E-state index contributed by atoms with van der Waals surface area (Å²) in [6, 6.07) is 6.66. The lowest BCUT2D eigenvalue weighted by atomic mass is 9.74. The van der Waals surface area contributed by atoms with Crippen LogP contribution >= 0.6 is 0 Å². The highest BCUT2D eigenvalue weighted by molar-refractivity contribution is 5.60. The summed E-state index contributed by atoms with van der Waals surface area (Å²) in [6.07, 6.45) is 8.32. The molecule has 0 spiro atoms. The number of benzene rings is 1. The van der Waals surface area contributed by atoms with Gasteiger partial charge in [-0.1, -0.05) is 24.3 Å². The molecule has 6 aliphatic rings. The topological polar surface area (TPSA) is 43.5 Å². The molecule has 2 heterocycles. The summed E-state index contributed by atoms with van der Waals surface area (Å²) in [5, 5.41) is 0. The van der Waals surface area contributed by atoms with Gasteiger partial charge in [0.2, 0.25) is 0 Å². The third-order valence-corrected chi connectivity index (χ3v) is 5.72. The second-order valence-corrected chi connectivity index (χ2v) is 7.49. The first-order valence-electron chi connectivity index (χ1n) is 9.10. The molecule has 4 aliphatic carbocycles. The van der Waals surface area contributed by atoms with E-state index in [9.17, 15) is 0 Å². The zero-order chi connectivity index (χ0) is 16.4. The lowest BCUT2D eigenvalue weighted by Gasteiger charge is -2.31. The third kappa shape index (κ3) is 2.43. The molecule has 2 saturated heterocycles. The fraction of sp³-hybridized carbons (Fsp3) is 0.429. The first kappa shape index (κ1) is 14.2. The van der Waals surface area contributed by atoms with Crippen LogP contribution in [0.5, 0.6) is 5.75 Å². The van der Waals surface area contributed by atoms with E-state index in [1.165, 1.54) is 22.3 Å². The quantitative estimate of drug-likeness (QED) is 0.718. The molecule has 4 nitrogen and oxygen atoms in total. The van der Waals surface area contributed by atoms with Gasteiger partial charge < -0.3 is 18.9 Å². The second kappa shape index (κ2) is 5.23. The van der Waals surface area contributed by atoms with Crippen molar-refractivity contribution in [3.05, 3.63) is 64.5 Å². The van der Waals surface area contributed by atoms with E-state index in [1.807, 2.05) is 0 Å². The molecule has 7 rings (SSSR count). The highest BCUT2D eigenvalue weighted by Gasteiger charge is 2.40. The SMILES string of the molecule is C1=CC2=C(OCC3CO3)C=C1C2C1Cc2ccc1c(OCC1CO1)c2. The van der Waals surface area contributed by atoms with Crippen molar-refractivity contribution in [2.24, 2.45) is 5.92 Å². The van der Waals surface area contributed by atoms with E-state index in [4.69, 9.17) is 18.9 Å². The lowest BCUT2D eigenvalue weighted by Crippen LogP contribution is -2.21. The molecule has 0 radical (unpaired) electrons. The largest absolute Gasteiger partial charge is 0.490 e. The monoisotopic (exact) mass is 336 g/mol. The minimum Gasteiger partial charge on any atom is -0.490 e. The fourth-order valence-electron chi connectivity index (χ4n) is 4.25. The number of epoxide rings is 2. The van der Waals surface area contributed by atoms with Gasteiger partial charge in [0, 0.05) is 17.4 Å². The Morgan fingerprint density at radius 3 is 2.56 bits per heavy atom. The second-order valence-electron chi connectivity index (χ2n) is 7.49. The molecule has 4 heteroatoms. The molecule has 1 aromatic rings. The molecule has 25 heavy (non-hydrogen) atoms. The molecule has 4 bridgehead atoms. The van der Waals surface area contributed by atoms with Crippen LogP contribution in [-0.2, 0) is 20.6 Å². The van der Waals surface area contributed by atoms with E-state index >= 15 is 0 Å². The van der Waals surface area contributed by atoms with Gasteiger partial charge in [-0.15, -0.1) is 0 Å². The van der Waals surface area contributed by atoms with Crippen molar-refractivity contribution in [2.45, 2.75) is 24.5 Å². The minimum absolute atomic E-state index is 0.286. The maximum Gasteiger partial charge on any atom is 0.123 e. The highest BCUT2D eigenvalue weighted by atomic mass is 16.6. The van der Waals surface area contributed by atoms with Crippen LogP contribution < -0.4 is 4.74 Å². The molecule has 4 unspecified atom stereocenters. The van der Waals surface area contributed by atoms with Crippen LogP contribution in [0.4, 0.5) is 0 Å². The molecule has 0 N–H and O–H groups in total. The Balaban J connectivity index is 1.26. The van der Waals surface area contributed by atoms with Crippen molar-refractivity contribution in [1.82, 2.24) is 0 Å². The van der Waals surface area contributed by atoms with Crippen LogP contribution in [-0.4, -0.2) is 38.6 Å². The number of ether oxygens (including phenoxy) is 4. The zero-order valence-corrected chi connectivity index (χ0v) is 13.9. The molecule has 2 fully saturated rings. The van der Waals surface area contributed by atoms with Gasteiger partial charge >= 0.3 is 0 Å². The molecule has 2 aliphatic heterocycles. The Kier molecular flexibility index (Phi) is 2.96. The van der Waals surface area contributed by atoms with Crippen LogP contribution in [0.1, 0.15) is 17.0 Å². The number of hydrogen-bond acceptors (Lipinski definition) is 4. The predicted molar refractivity (Wildman–Crippen MR) is 91.6 cm³/mol. The average molecular weight is 336 g/mol. The highest BCUT2D eigenvalue weighted by Crippen LogP contribution is 2.52. The maximum atomic E-state index is 6.06. The van der Waals surface area contributed by atoms with Gasteiger partial charge in [-0.2, -0.15) is 0 Å². The number of allylic oxidation sites excluding steroid dienone is 5. The summed E-state index contributed by atoms with van der Waals surface area (Å²) in [6.45, 7) is 2.99. The molecule has 0 amide bonds. The van der Waals surface area contributed by atoms with Gasteiger partial charge in [0.25, 0.3) is 0 Å². The third-order valence-electron chi connectivity index (χ3n) is 5.72. The van der Waals surface area contributed by atoms with Crippen molar-refractivity contribution in [3.8, 4) is 5.75 Å². The van der Waals surface area contributed by atoms with Crippen molar-refractivity contribution < 1.29 is 18.9 Å². The van der Waals surface area contributed by atoms with E-state index in [1.54, 1.807) is 0 Å². The molecular weight excluding hydrogens is 316 g/mol. The standard InChI is InChI=1S/C21H20O4/c1-3-16-18(5-12(1)6-19(16)24-10-14-8-22-14)21-13-2-4-17(21)20(7-13)25-11-15-9-23-15/h1-4,6-7,14-15,18,21H,5,8-11H2. The first-order chi connectivity index (χ1) is 12.3. The maximum absolute atomic E-state index is 6.06. The summed E-state index contributed by atoms with van der Waals surface area (Å²) >= 11 is 0. The molecule has 1 aromatic carbocycles. The van der Waals surface area contributed by atoms with Crippen molar-refractivity contribution >= 4 is 0 Å². The molecule has 128 valence electrons. The summed E-state index contributed by atoms with van der Waals surface area (Å²) in [7, 11) is 0. The zero-order valence-electron chi connectivity index (χ0n) is 13.9.